The number of benzene rings is 3. The Balaban J connectivity index is 1.72. The van der Waals surface area contributed by atoms with Gasteiger partial charge in [0, 0.05) is 12.2 Å². The Morgan fingerprint density at radius 1 is 1.09 bits per heavy atom. The second-order valence-electron chi connectivity index (χ2n) is 7.66. The van der Waals surface area contributed by atoms with Crippen molar-refractivity contribution in [2.24, 2.45) is 0 Å². The number of hydrogen-bond acceptors (Lipinski definition) is 5. The summed E-state index contributed by atoms with van der Waals surface area (Å²) in [5.74, 6) is 0. The lowest BCUT2D eigenvalue weighted by atomic mass is 10.1. The zero-order valence-corrected chi connectivity index (χ0v) is 19.9. The van der Waals surface area contributed by atoms with Gasteiger partial charge in [-0.25, -0.2) is 17.5 Å². The Kier molecular flexibility index (Phi) is 7.51. The highest BCUT2D eigenvalue weighted by Crippen LogP contribution is 2.39. The maximum Gasteiger partial charge on any atom is 0.421 e. The highest BCUT2D eigenvalue weighted by atomic mass is 35.5. The van der Waals surface area contributed by atoms with E-state index in [0.717, 1.165) is 17.7 Å². The largest absolute Gasteiger partial charge is 0.464 e. The van der Waals surface area contributed by atoms with Gasteiger partial charge in [-0.1, -0.05) is 41.4 Å². The molecule has 4 N–H and O–H groups in total. The van der Waals surface area contributed by atoms with Gasteiger partial charge in [0.05, 0.1) is 26.9 Å². The first kappa shape index (κ1) is 26.2. The van der Waals surface area contributed by atoms with Gasteiger partial charge < -0.3 is 16.2 Å². The first-order valence-electron chi connectivity index (χ1n) is 10.1. The molecule has 0 saturated carbocycles. The van der Waals surface area contributed by atoms with Gasteiger partial charge >= 0.3 is 12.3 Å². The van der Waals surface area contributed by atoms with Gasteiger partial charge in [0.1, 0.15) is 0 Å². The third kappa shape index (κ3) is 6.17. The molecule has 0 radical (unpaired) electrons. The molecule has 0 unspecified atom stereocenters. The maximum atomic E-state index is 13.0. The Morgan fingerprint density at radius 3 is 2.23 bits per heavy atom. The van der Waals surface area contributed by atoms with E-state index in [-0.39, 0.29) is 29.2 Å². The summed E-state index contributed by atoms with van der Waals surface area (Å²) < 4.78 is 64.8. The molecule has 0 fully saturated rings. The van der Waals surface area contributed by atoms with E-state index in [0.29, 0.717) is 15.6 Å². The van der Waals surface area contributed by atoms with Gasteiger partial charge in [-0.3, -0.25) is 0 Å². The fourth-order valence-corrected chi connectivity index (χ4v) is 4.76. The number of alkyl halides is 3. The Hall–Kier alpha value is -3.44. The number of carbonyl (C=O) groups is 1. The van der Waals surface area contributed by atoms with Crippen LogP contribution in [0, 0.1) is 6.92 Å². The number of nitrogens with zero attached hydrogens (tertiary/aromatic N) is 1. The molecule has 1 amide bonds. The monoisotopic (exact) mass is 527 g/mol. The third-order valence-electron chi connectivity index (χ3n) is 5.10. The average molecular weight is 528 g/mol. The second-order valence-corrected chi connectivity index (χ2v) is 9.93. The summed E-state index contributed by atoms with van der Waals surface area (Å²) in [6.07, 6.45) is -6.13. The Labute approximate surface area is 205 Å². The van der Waals surface area contributed by atoms with E-state index in [2.05, 4.69) is 5.32 Å². The lowest BCUT2D eigenvalue weighted by molar-refractivity contribution is -0.137. The molecule has 3 aromatic carbocycles. The molecule has 7 nitrogen and oxygen atoms in total. The molecule has 12 heteroatoms. The Bertz CT molecular complexity index is 1330. The molecule has 0 bridgehead atoms. The van der Waals surface area contributed by atoms with Gasteiger partial charge in [0.15, 0.2) is 0 Å². The van der Waals surface area contributed by atoms with Crippen LogP contribution in [0.25, 0.3) is 0 Å². The summed E-state index contributed by atoms with van der Waals surface area (Å²) in [7, 11) is -4.24. The quantitative estimate of drug-likeness (QED) is 0.329. The minimum atomic E-state index is -4.64. The van der Waals surface area contributed by atoms with Gasteiger partial charge in [-0.2, -0.15) is 13.2 Å². The third-order valence-corrected chi connectivity index (χ3v) is 7.20. The highest BCUT2D eigenvalue weighted by molar-refractivity contribution is 7.89. The first-order valence-corrected chi connectivity index (χ1v) is 12.0. The molecule has 3 rings (SSSR count). The van der Waals surface area contributed by atoms with Crippen LogP contribution in [0.5, 0.6) is 0 Å². The van der Waals surface area contributed by atoms with Crippen LogP contribution in [0.2, 0.25) is 5.02 Å². The number of sulfonamides is 1. The van der Waals surface area contributed by atoms with Crippen molar-refractivity contribution in [1.29, 1.82) is 0 Å². The van der Waals surface area contributed by atoms with Crippen molar-refractivity contribution in [3.8, 4) is 0 Å². The van der Waals surface area contributed by atoms with Crippen LogP contribution in [0.15, 0.2) is 65.6 Å². The van der Waals surface area contributed by atoms with Crippen molar-refractivity contribution in [3.63, 3.8) is 0 Å². The summed E-state index contributed by atoms with van der Waals surface area (Å²) >= 11 is 5.75. The zero-order valence-electron chi connectivity index (χ0n) is 18.3. The van der Waals surface area contributed by atoms with E-state index in [1.807, 2.05) is 0 Å². The van der Waals surface area contributed by atoms with Crippen LogP contribution >= 0.6 is 11.6 Å². The number of amides is 1. The minimum absolute atomic E-state index is 0.103. The maximum absolute atomic E-state index is 13.0. The molecule has 0 heterocycles. The second kappa shape index (κ2) is 10.0. The molecular formula is C23H21ClF3N3O4S. The van der Waals surface area contributed by atoms with Gasteiger partial charge in [0.25, 0.3) is 10.0 Å². The van der Waals surface area contributed by atoms with Crippen molar-refractivity contribution in [1.82, 2.24) is 4.31 Å². The van der Waals surface area contributed by atoms with E-state index in [4.69, 9.17) is 17.3 Å². The number of nitrogens with two attached hydrogens (primary N) is 1. The molecule has 35 heavy (non-hydrogen) atoms. The number of anilines is 3. The van der Waals surface area contributed by atoms with E-state index in [1.165, 1.54) is 12.1 Å². The topological polar surface area (TPSA) is 113 Å². The minimum Gasteiger partial charge on any atom is -0.464 e. The lowest BCUT2D eigenvalue weighted by Gasteiger charge is -2.19. The van der Waals surface area contributed by atoms with Gasteiger partial charge in [0.2, 0.25) is 0 Å². The average Bonchev–Trinajstić information content (AvgIpc) is 2.76. The number of rotatable bonds is 7. The van der Waals surface area contributed by atoms with Crippen molar-refractivity contribution in [2.45, 2.75) is 24.4 Å². The van der Waals surface area contributed by atoms with Crippen LogP contribution in [0.4, 0.5) is 35.0 Å². The molecular weight excluding hydrogens is 507 g/mol. The molecule has 0 aliphatic carbocycles. The zero-order chi connectivity index (χ0) is 26.0. The normalized spacial score (nSPS) is 11.8. The van der Waals surface area contributed by atoms with Crippen molar-refractivity contribution in [2.75, 3.05) is 17.6 Å². The summed E-state index contributed by atoms with van der Waals surface area (Å²) in [6, 6.07) is 14.1. The van der Waals surface area contributed by atoms with Gasteiger partial charge in [-0.15, -0.1) is 0 Å². The Morgan fingerprint density at radius 2 is 1.69 bits per heavy atom. The number of nitrogens with one attached hydrogen (secondary N) is 1. The molecule has 0 aromatic heterocycles. The molecule has 186 valence electrons. The summed E-state index contributed by atoms with van der Waals surface area (Å²) in [4.78, 5) is 11.5. The van der Waals surface area contributed by atoms with Crippen LogP contribution in [-0.2, 0) is 22.6 Å². The molecule has 0 atom stereocenters. The number of carboxylic acid groups (broad SMARTS) is 1. The van der Waals surface area contributed by atoms with Crippen molar-refractivity contribution >= 4 is 44.8 Å². The van der Waals surface area contributed by atoms with Gasteiger partial charge in [-0.05, 0) is 55.3 Å². The van der Waals surface area contributed by atoms with E-state index in [9.17, 15) is 31.5 Å². The summed E-state index contributed by atoms with van der Waals surface area (Å²) in [5, 5.41) is 11.8. The molecule has 0 aliphatic heterocycles. The molecule has 0 saturated heterocycles. The van der Waals surface area contributed by atoms with Crippen LogP contribution in [0.3, 0.4) is 0 Å². The van der Waals surface area contributed by atoms with Crippen molar-refractivity contribution < 1.29 is 31.5 Å². The number of halogens is 4. The van der Waals surface area contributed by atoms with E-state index in [1.54, 1.807) is 43.3 Å². The fourth-order valence-electron chi connectivity index (χ4n) is 3.21. The highest BCUT2D eigenvalue weighted by Gasteiger charge is 2.34. The predicted octanol–water partition coefficient (Wildman–Crippen LogP) is 5.90. The molecule has 0 spiro atoms. The number of hydrogen-bond donors (Lipinski definition) is 3. The number of aryl methyl sites for hydroxylation is 1. The fraction of sp³-hybridized carbons (Fsp3) is 0.174. The van der Waals surface area contributed by atoms with Crippen LogP contribution in [0.1, 0.15) is 16.7 Å². The lowest BCUT2D eigenvalue weighted by Crippen LogP contribution is -2.37. The molecule has 0 aliphatic rings. The van der Waals surface area contributed by atoms with E-state index < -0.39 is 32.9 Å². The SMILES string of the molecule is Cc1ccc(S(=O)(=O)N(CCc2ccc(Nc3cc(Cl)c(C(F)(F)F)cc3N)cc2)C(=O)O)cc1. The smallest absolute Gasteiger partial charge is 0.421 e. The standard InChI is InChI=1S/C23H21ClF3N3O4S/c1-14-2-8-17(9-3-14)35(33,34)30(22(31)32)11-10-15-4-6-16(7-5-15)29-21-13-19(24)18(12-20(21)28)23(25,26)27/h2-9,12-13,29H,10-11,28H2,1H3,(H,31,32). The van der Waals surface area contributed by atoms with Crippen molar-refractivity contribution in [3.05, 3.63) is 82.4 Å². The summed E-state index contributed by atoms with van der Waals surface area (Å²) in [6.45, 7) is 1.48. The predicted molar refractivity (Wildman–Crippen MR) is 127 cm³/mol. The van der Waals surface area contributed by atoms with E-state index >= 15 is 0 Å². The summed E-state index contributed by atoms with van der Waals surface area (Å²) in [5.41, 5.74) is 6.68. The number of nitrogen functional groups attached to an aromatic ring is 1. The molecule has 3 aromatic rings. The first-order chi connectivity index (χ1) is 16.3. The van der Waals surface area contributed by atoms with Crippen LogP contribution in [-0.4, -0.2) is 30.5 Å². The van der Waals surface area contributed by atoms with Crippen LogP contribution < -0.4 is 11.1 Å².